The van der Waals surface area contributed by atoms with E-state index in [4.69, 9.17) is 14.2 Å². The van der Waals surface area contributed by atoms with Crippen molar-refractivity contribution in [2.24, 2.45) is 35.5 Å². The van der Waals surface area contributed by atoms with Crippen LogP contribution in [0.4, 0.5) is 0 Å². The topological polar surface area (TPSA) is 206 Å². The molecular formula is C63H93N5O12. The van der Waals surface area contributed by atoms with Gasteiger partial charge in [-0.25, -0.2) is 0 Å². The summed E-state index contributed by atoms with van der Waals surface area (Å²) < 4.78 is 18.0. The zero-order valence-electron chi connectivity index (χ0n) is 49.7. The van der Waals surface area contributed by atoms with Crippen LogP contribution in [0, 0.1) is 35.5 Å². The van der Waals surface area contributed by atoms with Gasteiger partial charge in [0.05, 0.1) is 49.2 Å². The van der Waals surface area contributed by atoms with Gasteiger partial charge in [0.15, 0.2) is 11.6 Å². The third kappa shape index (κ3) is 20.0. The Hall–Kier alpha value is -5.91. The molecule has 17 heteroatoms. The molecule has 0 spiro atoms. The Balaban J connectivity index is 1.35. The molecule has 442 valence electrons. The van der Waals surface area contributed by atoms with Crippen LogP contribution in [0.15, 0.2) is 72.8 Å². The highest BCUT2D eigenvalue weighted by Crippen LogP contribution is 2.32. The Morgan fingerprint density at radius 3 is 1.96 bits per heavy atom. The van der Waals surface area contributed by atoms with Gasteiger partial charge < -0.3 is 29.3 Å². The number of methoxy groups -OCH3 is 2. The van der Waals surface area contributed by atoms with E-state index >= 15 is 0 Å². The highest BCUT2D eigenvalue weighted by atomic mass is 16.5. The van der Waals surface area contributed by atoms with Gasteiger partial charge in [-0.15, -0.1) is 0 Å². The number of ether oxygens (including phenoxy) is 3. The summed E-state index contributed by atoms with van der Waals surface area (Å²) in [4.78, 5) is 127. The number of Topliss-reactive ketones (excluding diaryl/α,β-unsaturated/α-hetero) is 3. The Morgan fingerprint density at radius 2 is 1.38 bits per heavy atom. The van der Waals surface area contributed by atoms with E-state index in [9.17, 15) is 43.2 Å². The van der Waals surface area contributed by atoms with Gasteiger partial charge in [-0.05, 0) is 81.0 Å². The van der Waals surface area contributed by atoms with Gasteiger partial charge in [0, 0.05) is 84.0 Å². The average molecular weight is 1110 g/mol. The number of rotatable bonds is 37. The van der Waals surface area contributed by atoms with E-state index < -0.39 is 54.1 Å². The number of hydrogen-bond acceptors (Lipinski definition) is 13. The minimum Gasteiger partial charge on any atom is -0.461 e. The van der Waals surface area contributed by atoms with Gasteiger partial charge in [-0.2, -0.15) is 0 Å². The van der Waals surface area contributed by atoms with Crippen molar-refractivity contribution in [3.8, 4) is 0 Å². The normalized spacial score (nSPS) is 17.5. The van der Waals surface area contributed by atoms with Gasteiger partial charge in [0.25, 0.3) is 11.8 Å². The summed E-state index contributed by atoms with van der Waals surface area (Å²) in [5, 5.41) is 2.69. The number of unbranched alkanes of at least 4 members (excludes halogenated alkanes) is 2. The molecule has 0 saturated carbocycles. The summed E-state index contributed by atoms with van der Waals surface area (Å²) in [5.41, 5.74) is 1.76. The minimum absolute atomic E-state index is 0.00114. The number of benzene rings is 2. The van der Waals surface area contributed by atoms with Gasteiger partial charge in [-0.1, -0.05) is 122 Å². The molecule has 0 aliphatic carbocycles. The Labute approximate surface area is 476 Å². The number of likely N-dealkylation sites (N-methyl/N-ethyl adjacent to an activating group) is 2. The maximum atomic E-state index is 14.8. The first kappa shape index (κ1) is 66.6. The van der Waals surface area contributed by atoms with Crippen LogP contribution < -0.4 is 5.32 Å². The molecule has 0 aromatic heterocycles. The molecule has 1 fully saturated rings. The molecule has 2 heterocycles. The quantitative estimate of drug-likeness (QED) is 0.0394. The molecule has 2 aliphatic heterocycles. The van der Waals surface area contributed by atoms with Gasteiger partial charge in [-0.3, -0.25) is 53.0 Å². The van der Waals surface area contributed by atoms with Crippen molar-refractivity contribution in [1.29, 1.82) is 0 Å². The second kappa shape index (κ2) is 33.7. The minimum atomic E-state index is -0.728. The van der Waals surface area contributed by atoms with E-state index in [1.807, 2.05) is 114 Å². The van der Waals surface area contributed by atoms with Crippen LogP contribution in [0.25, 0.3) is 0 Å². The second-order valence-corrected chi connectivity index (χ2v) is 22.8. The fraction of sp³-hybridized carbons (Fsp3) is 0.635. The second-order valence-electron chi connectivity index (χ2n) is 22.8. The number of carbonyl (C=O) groups is 9. The van der Waals surface area contributed by atoms with Crippen molar-refractivity contribution in [3.63, 3.8) is 0 Å². The van der Waals surface area contributed by atoms with Crippen LogP contribution in [0.3, 0.4) is 0 Å². The molecule has 17 nitrogen and oxygen atoms in total. The van der Waals surface area contributed by atoms with E-state index in [1.54, 1.807) is 38.0 Å². The van der Waals surface area contributed by atoms with Crippen molar-refractivity contribution in [1.82, 2.24) is 24.9 Å². The first-order chi connectivity index (χ1) is 38.1. The zero-order valence-corrected chi connectivity index (χ0v) is 49.7. The monoisotopic (exact) mass is 1110 g/mol. The van der Waals surface area contributed by atoms with Crippen molar-refractivity contribution < 1.29 is 57.4 Å². The molecule has 5 amide bonds. The van der Waals surface area contributed by atoms with E-state index in [2.05, 4.69) is 5.32 Å². The summed E-state index contributed by atoms with van der Waals surface area (Å²) >= 11 is 0. The molecule has 1 N–H and O–H groups in total. The third-order valence-corrected chi connectivity index (χ3v) is 16.3. The van der Waals surface area contributed by atoms with E-state index in [-0.39, 0.29) is 110 Å². The number of nitrogens with zero attached hydrogens (tertiary/aromatic N) is 4. The molecule has 80 heavy (non-hydrogen) atoms. The number of carbonyl (C=O) groups excluding carboxylic acids is 9. The highest BCUT2D eigenvalue weighted by molar-refractivity contribution is 6.12. The van der Waals surface area contributed by atoms with Crippen molar-refractivity contribution in [2.75, 3.05) is 54.5 Å². The number of hydrogen-bond donors (Lipinski definition) is 1. The summed E-state index contributed by atoms with van der Waals surface area (Å²) in [6, 6.07) is 17.5. The number of nitrogens with one attached hydrogen (secondary N) is 1. The lowest BCUT2D eigenvalue weighted by atomic mass is 9.83. The van der Waals surface area contributed by atoms with Crippen LogP contribution in [0.5, 0.6) is 0 Å². The van der Waals surface area contributed by atoms with Crippen LogP contribution >= 0.6 is 0 Å². The number of esters is 1. The summed E-state index contributed by atoms with van der Waals surface area (Å²) in [7, 11) is 6.69. The lowest BCUT2D eigenvalue weighted by molar-refractivity contribution is -0.152. The van der Waals surface area contributed by atoms with Crippen LogP contribution in [0.1, 0.15) is 137 Å². The Morgan fingerprint density at radius 1 is 0.738 bits per heavy atom. The van der Waals surface area contributed by atoms with E-state index in [0.29, 0.717) is 71.0 Å². The molecule has 9 atom stereocenters. The lowest BCUT2D eigenvalue weighted by Crippen LogP contribution is -2.54. The van der Waals surface area contributed by atoms with E-state index in [1.165, 1.54) is 17.1 Å². The Kier molecular flexibility index (Phi) is 28.1. The molecule has 2 aliphatic rings. The maximum Gasteiger partial charge on any atom is 0.310 e. The molecule has 2 aromatic carbocycles. The zero-order chi connectivity index (χ0) is 59.1. The molecule has 4 rings (SSSR count). The van der Waals surface area contributed by atoms with Crippen molar-refractivity contribution in [2.45, 2.75) is 169 Å². The van der Waals surface area contributed by atoms with Crippen LogP contribution in [-0.4, -0.2) is 157 Å². The maximum absolute atomic E-state index is 14.8. The third-order valence-electron chi connectivity index (χ3n) is 16.3. The van der Waals surface area contributed by atoms with Crippen LogP contribution in [0.2, 0.25) is 0 Å². The first-order valence-electron chi connectivity index (χ1n) is 29.1. The van der Waals surface area contributed by atoms with Crippen molar-refractivity contribution >= 4 is 52.9 Å². The molecular weight excluding hydrogens is 1020 g/mol. The fourth-order valence-electron chi connectivity index (χ4n) is 11.5. The predicted octanol–water partition coefficient (Wildman–Crippen LogP) is 7.61. The summed E-state index contributed by atoms with van der Waals surface area (Å²) in [6.45, 7) is 14.9. The number of likely N-dealkylation sites (tertiary alicyclic amines) is 1. The van der Waals surface area contributed by atoms with Gasteiger partial charge in [0.2, 0.25) is 17.7 Å². The molecule has 0 unspecified atom stereocenters. The van der Waals surface area contributed by atoms with Crippen molar-refractivity contribution in [3.05, 3.63) is 83.9 Å². The first-order valence-corrected chi connectivity index (χ1v) is 29.1. The predicted molar refractivity (Wildman–Crippen MR) is 306 cm³/mol. The number of amides is 5. The smallest absolute Gasteiger partial charge is 0.310 e. The Bertz CT molecular complexity index is 2360. The highest BCUT2D eigenvalue weighted by Gasteiger charge is 2.44. The van der Waals surface area contributed by atoms with E-state index in [0.717, 1.165) is 11.1 Å². The molecule has 1 saturated heterocycles. The molecule has 2 aromatic rings. The lowest BCUT2D eigenvalue weighted by Gasteiger charge is -2.41. The standard InChI is InChI=1S/C63H93N5O12/c1-12-44(6)60(66(9)62(76)50(42(2)3)38-53(71)59(43(4)5)65(8)33-22-28-49(69)40-64-55(72)30-20-15-21-34-68-56(73)31-32-57(68)74)54(78-10)39-58(75)67-35-23-29-51(67)61(79-11)45(7)52(70)37-48(36-46-24-16-13-17-25-46)63(77)80-41-47-26-18-14-19-27-47/h13-14,16-19,24-27,31-32,42-45,48,50-51,54,59-61H,12,15,20-23,28-30,33-41H2,1-11H3,(H,64,72)/t44-,45-,48+,50-,51-,54+,59-,60-,61+/m0/s1. The molecule has 0 bridgehead atoms. The van der Waals surface area contributed by atoms with Gasteiger partial charge >= 0.3 is 5.97 Å². The molecule has 0 radical (unpaired) electrons. The fourth-order valence-corrected chi connectivity index (χ4v) is 11.5. The summed E-state index contributed by atoms with van der Waals surface area (Å²) in [5.74, 6) is -4.52. The SMILES string of the molecule is CC[C@H](C)[C@@H]([C@@H](CC(=O)N1CCC[C@H]1[C@H](OC)[C@@H](C)C(=O)C[C@@H](Cc1ccccc1)C(=O)OCc1ccccc1)OC)N(C)C(=O)[C@@H](CC(=O)[C@H](C(C)C)N(C)CCCC(=O)CNC(=O)CCCCCN1C(=O)C=CC1=O)C(C)C. The largest absolute Gasteiger partial charge is 0.461 e. The number of ketones is 3. The average Bonchev–Trinajstić information content (AvgIpc) is 4.06. The van der Waals surface area contributed by atoms with Crippen LogP contribution in [-0.2, 0) is 70.4 Å². The summed E-state index contributed by atoms with van der Waals surface area (Å²) in [6.07, 6.45) is 6.11. The number of imide groups is 1. The van der Waals surface area contributed by atoms with Gasteiger partial charge in [0.1, 0.15) is 12.4 Å².